The minimum atomic E-state index is -1.38. The molecule has 3 fully saturated rings. The third-order valence-electron chi connectivity index (χ3n) is 7.95. The molecule has 0 bridgehead atoms. The Morgan fingerprint density at radius 1 is 0.972 bits per heavy atom. The molecule has 0 aromatic heterocycles. The maximum atomic E-state index is 14.2. The molecule has 4 amide bonds. The van der Waals surface area contributed by atoms with E-state index in [0.717, 1.165) is 5.56 Å². The predicted molar refractivity (Wildman–Crippen MR) is 129 cm³/mol. The van der Waals surface area contributed by atoms with Gasteiger partial charge < -0.3 is 14.5 Å². The molecule has 2 aromatic rings. The minimum absolute atomic E-state index is 0.124. The Balaban J connectivity index is 1.36. The number of amides is 4. The zero-order valence-electron chi connectivity index (χ0n) is 20.1. The first kappa shape index (κ1) is 22.9. The third kappa shape index (κ3) is 3.23. The molecule has 6 rings (SSSR count). The number of benzene rings is 2. The van der Waals surface area contributed by atoms with Gasteiger partial charge in [-0.3, -0.25) is 29.4 Å². The molecule has 4 heterocycles. The molecule has 4 aliphatic heterocycles. The van der Waals surface area contributed by atoms with Gasteiger partial charge in [0.15, 0.2) is 0 Å². The van der Waals surface area contributed by atoms with Crippen molar-refractivity contribution in [3.63, 3.8) is 0 Å². The highest BCUT2D eigenvalue weighted by Gasteiger charge is 2.70. The maximum absolute atomic E-state index is 14.2. The van der Waals surface area contributed by atoms with Gasteiger partial charge in [0.25, 0.3) is 5.91 Å². The Kier molecular flexibility index (Phi) is 5.42. The Bertz CT molecular complexity index is 1240. The van der Waals surface area contributed by atoms with E-state index >= 15 is 0 Å². The summed E-state index contributed by atoms with van der Waals surface area (Å²) in [5.41, 5.74) is 0.715. The summed E-state index contributed by atoms with van der Waals surface area (Å²) in [5.74, 6) is -2.67. The van der Waals surface area contributed by atoms with Gasteiger partial charge in [0.1, 0.15) is 12.1 Å². The number of morpholine rings is 1. The van der Waals surface area contributed by atoms with Gasteiger partial charge in [0.05, 0.1) is 31.6 Å². The van der Waals surface area contributed by atoms with E-state index in [1.54, 1.807) is 11.0 Å². The van der Waals surface area contributed by atoms with E-state index in [-0.39, 0.29) is 42.8 Å². The fraction of sp³-hybridized carbons (Fsp3) is 0.407. The van der Waals surface area contributed by atoms with Crippen molar-refractivity contribution in [3.05, 3.63) is 65.7 Å². The van der Waals surface area contributed by atoms with Crippen LogP contribution in [-0.2, 0) is 36.0 Å². The average molecular weight is 489 g/mol. The number of likely N-dealkylation sites (tertiary alicyclic amines) is 1. The van der Waals surface area contributed by atoms with Gasteiger partial charge >= 0.3 is 0 Å². The van der Waals surface area contributed by atoms with Crippen molar-refractivity contribution in [2.45, 2.75) is 25.0 Å². The third-order valence-corrected chi connectivity index (χ3v) is 7.95. The number of ether oxygens (including phenoxy) is 1. The quantitative estimate of drug-likeness (QED) is 0.642. The summed E-state index contributed by atoms with van der Waals surface area (Å²) >= 11 is 0. The van der Waals surface area contributed by atoms with Crippen LogP contribution in [0.4, 0.5) is 5.69 Å². The van der Waals surface area contributed by atoms with Crippen molar-refractivity contribution < 1.29 is 23.9 Å². The summed E-state index contributed by atoms with van der Waals surface area (Å²) in [4.78, 5) is 59.1. The van der Waals surface area contributed by atoms with Crippen molar-refractivity contribution in [3.8, 4) is 0 Å². The summed E-state index contributed by atoms with van der Waals surface area (Å²) < 4.78 is 5.35. The summed E-state index contributed by atoms with van der Waals surface area (Å²) in [7, 11) is 0. The van der Waals surface area contributed by atoms with Crippen LogP contribution in [0.1, 0.15) is 18.1 Å². The van der Waals surface area contributed by atoms with Crippen LogP contribution in [0.2, 0.25) is 0 Å². The molecule has 1 N–H and O–H groups in total. The number of carbonyl (C=O) groups excluding carboxylic acids is 4. The molecule has 0 unspecified atom stereocenters. The molecule has 4 atom stereocenters. The van der Waals surface area contributed by atoms with Crippen LogP contribution in [0.3, 0.4) is 0 Å². The highest BCUT2D eigenvalue weighted by molar-refractivity contribution is 6.17. The highest BCUT2D eigenvalue weighted by atomic mass is 16.5. The van der Waals surface area contributed by atoms with E-state index < -0.39 is 17.4 Å². The second-order valence-electron chi connectivity index (χ2n) is 9.89. The predicted octanol–water partition coefficient (Wildman–Crippen LogP) is 0.880. The lowest BCUT2D eigenvalue weighted by molar-refractivity contribution is -0.143. The molecule has 0 aliphatic carbocycles. The van der Waals surface area contributed by atoms with Gasteiger partial charge in [-0.1, -0.05) is 48.5 Å². The second kappa shape index (κ2) is 8.53. The van der Waals surface area contributed by atoms with Crippen LogP contribution in [-0.4, -0.2) is 72.3 Å². The molecule has 1 spiro atoms. The zero-order valence-corrected chi connectivity index (χ0v) is 20.1. The molecule has 9 nitrogen and oxygen atoms in total. The van der Waals surface area contributed by atoms with Crippen molar-refractivity contribution in [1.29, 1.82) is 0 Å². The summed E-state index contributed by atoms with van der Waals surface area (Å²) in [6, 6.07) is 16.2. The van der Waals surface area contributed by atoms with Gasteiger partial charge in [-0.25, -0.2) is 0 Å². The van der Waals surface area contributed by atoms with Gasteiger partial charge in [0, 0.05) is 30.4 Å². The van der Waals surface area contributed by atoms with E-state index in [9.17, 15) is 19.2 Å². The summed E-state index contributed by atoms with van der Waals surface area (Å²) in [6.45, 7) is 3.79. The Morgan fingerprint density at radius 3 is 2.42 bits per heavy atom. The molecule has 0 saturated carbocycles. The molecular formula is C27H28N4O5. The summed E-state index contributed by atoms with van der Waals surface area (Å²) in [6.07, 6.45) is 0. The van der Waals surface area contributed by atoms with E-state index in [4.69, 9.17) is 4.74 Å². The normalized spacial score (nSPS) is 29.3. The van der Waals surface area contributed by atoms with Crippen molar-refractivity contribution in [2.24, 2.45) is 11.8 Å². The van der Waals surface area contributed by atoms with E-state index in [0.29, 0.717) is 37.6 Å². The van der Waals surface area contributed by atoms with Gasteiger partial charge in [0.2, 0.25) is 17.7 Å². The molecule has 2 aromatic carbocycles. The summed E-state index contributed by atoms with van der Waals surface area (Å²) in [5, 5.41) is 3.36. The number of hydrogen-bond donors (Lipinski definition) is 1. The van der Waals surface area contributed by atoms with Crippen molar-refractivity contribution in [2.75, 3.05) is 37.7 Å². The maximum Gasteiger partial charge on any atom is 0.253 e. The molecule has 186 valence electrons. The van der Waals surface area contributed by atoms with Crippen LogP contribution in [0.5, 0.6) is 0 Å². The van der Waals surface area contributed by atoms with Crippen LogP contribution in [0.25, 0.3) is 0 Å². The highest BCUT2D eigenvalue weighted by Crippen LogP contribution is 2.54. The van der Waals surface area contributed by atoms with E-state index in [2.05, 4.69) is 5.32 Å². The number of rotatable bonds is 4. The largest absolute Gasteiger partial charge is 0.378 e. The first-order valence-corrected chi connectivity index (χ1v) is 12.4. The smallest absolute Gasteiger partial charge is 0.253 e. The number of carbonyl (C=O) groups is 4. The second-order valence-corrected chi connectivity index (χ2v) is 9.89. The van der Waals surface area contributed by atoms with E-state index in [1.807, 2.05) is 55.5 Å². The van der Waals surface area contributed by atoms with Gasteiger partial charge in [-0.05, 0) is 18.6 Å². The fourth-order valence-electron chi connectivity index (χ4n) is 6.30. The Hall–Kier alpha value is -3.56. The zero-order chi connectivity index (χ0) is 25.0. The molecule has 4 aliphatic rings. The van der Waals surface area contributed by atoms with Crippen LogP contribution < -0.4 is 10.2 Å². The number of para-hydroxylation sites is 1. The van der Waals surface area contributed by atoms with E-state index in [1.165, 1.54) is 9.80 Å². The van der Waals surface area contributed by atoms with Crippen LogP contribution in [0, 0.1) is 11.8 Å². The molecule has 0 radical (unpaired) electrons. The number of imide groups is 1. The van der Waals surface area contributed by atoms with Crippen molar-refractivity contribution in [1.82, 2.24) is 15.1 Å². The standard InChI is InChI=1S/C27H28N4O5/c1-17-22-23(25(34)31(24(22)33)15-18-7-3-2-4-8-18)27(28-17)19-9-5-6-10-20(19)30(26(27)35)16-21(32)29-11-13-36-14-12-29/h2-10,17,22-23,28H,11-16H2,1H3/t17-,22+,23+,27-/m0/s1. The number of fused-ring (bicyclic) bond motifs is 4. The minimum Gasteiger partial charge on any atom is -0.378 e. The Labute approximate surface area is 209 Å². The molecule has 9 heteroatoms. The fourth-order valence-corrected chi connectivity index (χ4v) is 6.30. The number of nitrogens with one attached hydrogen (secondary N) is 1. The van der Waals surface area contributed by atoms with Crippen molar-refractivity contribution >= 4 is 29.3 Å². The number of anilines is 1. The molecule has 3 saturated heterocycles. The number of hydrogen-bond acceptors (Lipinski definition) is 6. The van der Waals surface area contributed by atoms with Crippen LogP contribution in [0.15, 0.2) is 54.6 Å². The molecular weight excluding hydrogens is 460 g/mol. The van der Waals surface area contributed by atoms with Gasteiger partial charge in [-0.15, -0.1) is 0 Å². The lowest BCUT2D eigenvalue weighted by atomic mass is 9.76. The first-order chi connectivity index (χ1) is 17.4. The monoisotopic (exact) mass is 488 g/mol. The SMILES string of the molecule is C[C@@H]1N[C@]2(C(=O)N(CC(=O)N3CCOCC3)c3ccccc32)[C@H]2C(=O)N(Cc3ccccc3)C(=O)[C@H]12. The topological polar surface area (TPSA) is 99.3 Å². The molecule has 36 heavy (non-hydrogen) atoms. The number of nitrogens with zero attached hydrogens (tertiary/aromatic N) is 3. The first-order valence-electron chi connectivity index (χ1n) is 12.4. The van der Waals surface area contributed by atoms with Gasteiger partial charge in [-0.2, -0.15) is 0 Å². The van der Waals surface area contributed by atoms with Crippen LogP contribution >= 0.6 is 0 Å². The average Bonchev–Trinajstić information content (AvgIpc) is 3.44. The lowest BCUT2D eigenvalue weighted by Gasteiger charge is -2.31. The lowest BCUT2D eigenvalue weighted by Crippen LogP contribution is -2.56. The Morgan fingerprint density at radius 2 is 1.67 bits per heavy atom.